The molecular formula is C16H17O3. The molecule has 1 saturated heterocycles. The second-order valence-corrected chi connectivity index (χ2v) is 4.18. The number of carbonyl (C=O) groups is 1. The quantitative estimate of drug-likeness (QED) is 0.462. The average Bonchev–Trinajstić information content (AvgIpc) is 2.87. The third kappa shape index (κ3) is 3.80. The number of benzene rings is 1. The number of hydrogen-bond donors (Lipinski definition) is 0. The van der Waals surface area contributed by atoms with Gasteiger partial charge in [0, 0.05) is 5.56 Å². The van der Waals surface area contributed by atoms with Crippen molar-refractivity contribution in [2.75, 3.05) is 19.8 Å². The summed E-state index contributed by atoms with van der Waals surface area (Å²) in [6, 6.07) is 9.23. The van der Waals surface area contributed by atoms with Gasteiger partial charge in [0.2, 0.25) is 0 Å². The number of ether oxygens (including phenoxy) is 2. The summed E-state index contributed by atoms with van der Waals surface area (Å²) in [6.07, 6.45) is 5.15. The molecule has 1 radical (unpaired) electrons. The molecule has 19 heavy (non-hydrogen) atoms. The molecule has 1 aromatic rings. The number of rotatable bonds is 5. The van der Waals surface area contributed by atoms with Crippen molar-refractivity contribution in [3.63, 3.8) is 0 Å². The van der Waals surface area contributed by atoms with Gasteiger partial charge in [-0.2, -0.15) is 0 Å². The van der Waals surface area contributed by atoms with Gasteiger partial charge in [0.1, 0.15) is 0 Å². The first-order chi connectivity index (χ1) is 9.31. The minimum Gasteiger partial charge on any atom is -0.502 e. The van der Waals surface area contributed by atoms with E-state index in [9.17, 15) is 4.79 Å². The van der Waals surface area contributed by atoms with Crippen LogP contribution in [0.2, 0.25) is 0 Å². The van der Waals surface area contributed by atoms with E-state index in [4.69, 9.17) is 9.47 Å². The van der Waals surface area contributed by atoms with Gasteiger partial charge >= 0.3 is 0 Å². The number of ketones is 1. The fourth-order valence-corrected chi connectivity index (χ4v) is 1.82. The Kier molecular flexibility index (Phi) is 4.93. The van der Waals surface area contributed by atoms with Crippen LogP contribution in [0.5, 0.6) is 0 Å². The molecule has 0 amide bonds. The zero-order valence-corrected chi connectivity index (χ0v) is 11.0. The third-order valence-corrected chi connectivity index (χ3v) is 2.82. The van der Waals surface area contributed by atoms with Crippen LogP contribution in [-0.2, 0) is 9.47 Å². The molecule has 0 unspecified atom stereocenters. The molecule has 1 aliphatic rings. The molecule has 0 atom stereocenters. The van der Waals surface area contributed by atoms with E-state index in [1.165, 1.54) is 0 Å². The fraction of sp³-hybridized carbons (Fsp3) is 0.250. The van der Waals surface area contributed by atoms with Gasteiger partial charge in [0.25, 0.3) is 0 Å². The highest BCUT2D eigenvalue weighted by Crippen LogP contribution is 2.24. The molecular weight excluding hydrogens is 240 g/mol. The maximum Gasteiger partial charge on any atom is 0.185 e. The van der Waals surface area contributed by atoms with Gasteiger partial charge in [-0.1, -0.05) is 30.3 Å². The minimum atomic E-state index is 0.00316. The highest BCUT2D eigenvalue weighted by Gasteiger charge is 2.21. The summed E-state index contributed by atoms with van der Waals surface area (Å²) >= 11 is 0. The highest BCUT2D eigenvalue weighted by molar-refractivity contribution is 6.05. The first kappa shape index (κ1) is 13.6. The van der Waals surface area contributed by atoms with Crippen molar-refractivity contribution < 1.29 is 14.3 Å². The number of allylic oxidation sites excluding steroid dienone is 1. The van der Waals surface area contributed by atoms with Gasteiger partial charge < -0.3 is 9.47 Å². The molecule has 0 N–H and O–H groups in total. The van der Waals surface area contributed by atoms with E-state index in [2.05, 4.69) is 0 Å². The van der Waals surface area contributed by atoms with Crippen molar-refractivity contribution in [2.45, 2.75) is 6.92 Å². The number of carbonyl (C=O) groups excluding carboxylic acids is 1. The van der Waals surface area contributed by atoms with E-state index in [1.54, 1.807) is 12.3 Å². The van der Waals surface area contributed by atoms with Crippen LogP contribution in [0.1, 0.15) is 17.3 Å². The van der Waals surface area contributed by atoms with Crippen LogP contribution in [0.4, 0.5) is 0 Å². The standard InChI is InChI=1S/C16H17O3/c1-2-18-9-8-14-11-19-12-15(14)10-16(17)13-6-4-3-5-7-13/h3-10H,2,11-12H2,1H3/b9-8+,15-10+. The molecule has 99 valence electrons. The first-order valence-electron chi connectivity index (χ1n) is 6.33. The molecule has 1 heterocycles. The van der Waals surface area contributed by atoms with E-state index >= 15 is 0 Å². The molecule has 0 aliphatic carbocycles. The van der Waals surface area contributed by atoms with Crippen LogP contribution in [0.3, 0.4) is 0 Å². The van der Waals surface area contributed by atoms with Gasteiger partial charge in [0.15, 0.2) is 5.78 Å². The highest BCUT2D eigenvalue weighted by atomic mass is 16.5. The summed E-state index contributed by atoms with van der Waals surface area (Å²) in [7, 11) is 0. The molecule has 0 spiro atoms. The normalized spacial score (nSPS) is 18.3. The summed E-state index contributed by atoms with van der Waals surface area (Å²) in [6.45, 7) is 3.56. The van der Waals surface area contributed by atoms with Crippen molar-refractivity contribution in [2.24, 2.45) is 0 Å². The predicted octanol–water partition coefficient (Wildman–Crippen LogP) is 2.95. The molecule has 3 nitrogen and oxygen atoms in total. The van der Waals surface area contributed by atoms with Crippen LogP contribution in [0, 0.1) is 5.92 Å². The largest absolute Gasteiger partial charge is 0.502 e. The predicted molar refractivity (Wildman–Crippen MR) is 73.7 cm³/mol. The monoisotopic (exact) mass is 257 g/mol. The van der Waals surface area contributed by atoms with Crippen LogP contribution < -0.4 is 0 Å². The lowest BCUT2D eigenvalue weighted by Crippen LogP contribution is -2.01. The Hall–Kier alpha value is -1.87. The van der Waals surface area contributed by atoms with Crippen LogP contribution in [0.25, 0.3) is 0 Å². The maximum atomic E-state index is 12.1. The Morgan fingerprint density at radius 1 is 1.32 bits per heavy atom. The topological polar surface area (TPSA) is 35.5 Å². The minimum absolute atomic E-state index is 0.00316. The lowest BCUT2D eigenvalue weighted by Gasteiger charge is -2.03. The Balaban J connectivity index is 2.07. The zero-order valence-electron chi connectivity index (χ0n) is 11.0. The summed E-state index contributed by atoms with van der Waals surface area (Å²) < 4.78 is 10.5. The third-order valence-electron chi connectivity index (χ3n) is 2.82. The average molecular weight is 257 g/mol. The number of hydrogen-bond acceptors (Lipinski definition) is 3. The van der Waals surface area contributed by atoms with Crippen molar-refractivity contribution in [3.8, 4) is 0 Å². The zero-order chi connectivity index (χ0) is 13.5. The molecule has 1 aliphatic heterocycles. The molecule has 0 bridgehead atoms. The Morgan fingerprint density at radius 2 is 2.11 bits per heavy atom. The van der Waals surface area contributed by atoms with Gasteiger partial charge in [-0.15, -0.1) is 0 Å². The van der Waals surface area contributed by atoms with Crippen LogP contribution in [0.15, 0.2) is 54.3 Å². The van der Waals surface area contributed by atoms with Gasteiger partial charge in [-0.3, -0.25) is 4.79 Å². The lowest BCUT2D eigenvalue weighted by atomic mass is 10.00. The fourth-order valence-electron chi connectivity index (χ4n) is 1.82. The van der Waals surface area contributed by atoms with Gasteiger partial charge in [0.05, 0.1) is 32.0 Å². The summed E-state index contributed by atoms with van der Waals surface area (Å²) in [5.41, 5.74) is 1.61. The Morgan fingerprint density at radius 3 is 2.84 bits per heavy atom. The summed E-state index contributed by atoms with van der Waals surface area (Å²) in [4.78, 5) is 12.1. The van der Waals surface area contributed by atoms with E-state index < -0.39 is 0 Å². The van der Waals surface area contributed by atoms with Crippen LogP contribution >= 0.6 is 0 Å². The SMILES string of the molecule is CCO/C=C/[C]1COC/C1=C\C(=O)c1ccccc1. The van der Waals surface area contributed by atoms with E-state index in [0.717, 1.165) is 11.5 Å². The van der Waals surface area contributed by atoms with E-state index in [1.807, 2.05) is 43.3 Å². The smallest absolute Gasteiger partial charge is 0.185 e. The van der Waals surface area contributed by atoms with Crippen molar-refractivity contribution in [1.82, 2.24) is 0 Å². The Labute approximate surface area is 113 Å². The van der Waals surface area contributed by atoms with Gasteiger partial charge in [-0.25, -0.2) is 0 Å². The molecule has 0 aromatic heterocycles. The molecule has 2 rings (SSSR count). The summed E-state index contributed by atoms with van der Waals surface area (Å²) in [5, 5.41) is 0. The molecule has 1 aromatic carbocycles. The van der Waals surface area contributed by atoms with E-state index in [0.29, 0.717) is 25.4 Å². The van der Waals surface area contributed by atoms with Crippen molar-refractivity contribution in [1.29, 1.82) is 0 Å². The first-order valence-corrected chi connectivity index (χ1v) is 6.33. The van der Waals surface area contributed by atoms with Gasteiger partial charge in [-0.05, 0) is 24.6 Å². The van der Waals surface area contributed by atoms with E-state index in [-0.39, 0.29) is 5.78 Å². The van der Waals surface area contributed by atoms with Crippen LogP contribution in [-0.4, -0.2) is 25.6 Å². The molecule has 1 fully saturated rings. The Bertz CT molecular complexity index is 474. The molecule has 3 heteroatoms. The molecule has 0 saturated carbocycles. The maximum absolute atomic E-state index is 12.1. The summed E-state index contributed by atoms with van der Waals surface area (Å²) in [5.74, 6) is 1.00. The second kappa shape index (κ2) is 6.90. The van der Waals surface area contributed by atoms with Crippen molar-refractivity contribution >= 4 is 5.78 Å². The van der Waals surface area contributed by atoms with Crippen molar-refractivity contribution in [3.05, 3.63) is 65.8 Å². The lowest BCUT2D eigenvalue weighted by molar-refractivity contribution is 0.104. The second-order valence-electron chi connectivity index (χ2n) is 4.18.